The van der Waals surface area contributed by atoms with Crippen LogP contribution in [0.2, 0.25) is 5.02 Å². The molecule has 21 heavy (non-hydrogen) atoms. The molecule has 3 heteroatoms. The van der Waals surface area contributed by atoms with Crippen molar-refractivity contribution in [2.75, 3.05) is 0 Å². The van der Waals surface area contributed by atoms with Crippen molar-refractivity contribution in [1.82, 2.24) is 0 Å². The van der Waals surface area contributed by atoms with Crippen molar-refractivity contribution in [3.05, 3.63) is 70.0 Å². The summed E-state index contributed by atoms with van der Waals surface area (Å²) in [5.74, 6) is 0.106. The second-order valence-electron chi connectivity index (χ2n) is 5.97. The molecule has 0 radical (unpaired) electrons. The molecule has 0 heterocycles. The number of hydrogen-bond acceptors (Lipinski definition) is 1. The van der Waals surface area contributed by atoms with Crippen LogP contribution >= 0.6 is 11.6 Å². The Morgan fingerprint density at radius 3 is 2.86 bits per heavy atom. The minimum Gasteiger partial charge on any atom is -0.385 e. The normalized spacial score (nSPS) is 24.7. The minimum absolute atomic E-state index is 0.253. The van der Waals surface area contributed by atoms with Crippen LogP contribution in [0.15, 0.2) is 42.5 Å². The standard InChI is InChI=1S/C18H18ClFO/c1-12-8-9-18(21,16-5-3-2-4-15(12)16)11-13-10-14(19)6-7-17(13)20/h2-7,10,12,21H,8-9,11H2,1H3. The highest BCUT2D eigenvalue weighted by Gasteiger charge is 2.37. The van der Waals surface area contributed by atoms with E-state index in [1.807, 2.05) is 18.2 Å². The van der Waals surface area contributed by atoms with Gasteiger partial charge in [-0.1, -0.05) is 42.8 Å². The van der Waals surface area contributed by atoms with Crippen molar-refractivity contribution in [2.45, 2.75) is 37.7 Å². The molecule has 110 valence electrons. The van der Waals surface area contributed by atoms with Crippen molar-refractivity contribution in [1.29, 1.82) is 0 Å². The Hall–Kier alpha value is -1.38. The van der Waals surface area contributed by atoms with Crippen LogP contribution in [0.25, 0.3) is 0 Å². The fourth-order valence-corrected chi connectivity index (χ4v) is 3.47. The lowest BCUT2D eigenvalue weighted by Crippen LogP contribution is -2.34. The van der Waals surface area contributed by atoms with E-state index in [4.69, 9.17) is 11.6 Å². The molecule has 1 N–H and O–H groups in total. The summed E-state index contributed by atoms with van der Waals surface area (Å²) in [6.07, 6.45) is 1.79. The predicted octanol–water partition coefficient (Wildman–Crippen LogP) is 4.81. The van der Waals surface area contributed by atoms with Crippen LogP contribution < -0.4 is 0 Å². The molecule has 2 atom stereocenters. The Kier molecular flexibility index (Phi) is 3.76. The van der Waals surface area contributed by atoms with Crippen LogP contribution in [0.1, 0.15) is 42.4 Å². The molecule has 0 bridgehead atoms. The van der Waals surface area contributed by atoms with Crippen LogP contribution in [0, 0.1) is 5.82 Å². The lowest BCUT2D eigenvalue weighted by atomic mass is 9.72. The van der Waals surface area contributed by atoms with E-state index in [2.05, 4.69) is 13.0 Å². The van der Waals surface area contributed by atoms with Gasteiger partial charge in [0.25, 0.3) is 0 Å². The minimum atomic E-state index is -1.02. The Morgan fingerprint density at radius 1 is 1.29 bits per heavy atom. The molecule has 0 aliphatic heterocycles. The van der Waals surface area contributed by atoms with Crippen molar-refractivity contribution in [3.8, 4) is 0 Å². The van der Waals surface area contributed by atoms with Crippen molar-refractivity contribution in [2.24, 2.45) is 0 Å². The summed E-state index contributed by atoms with van der Waals surface area (Å²) in [5, 5.41) is 11.6. The van der Waals surface area contributed by atoms with E-state index in [0.717, 1.165) is 17.5 Å². The van der Waals surface area contributed by atoms with E-state index >= 15 is 0 Å². The highest BCUT2D eigenvalue weighted by atomic mass is 35.5. The smallest absolute Gasteiger partial charge is 0.126 e. The molecule has 1 aliphatic carbocycles. The molecule has 0 amide bonds. The van der Waals surface area contributed by atoms with E-state index in [0.29, 0.717) is 22.9 Å². The third kappa shape index (κ3) is 2.70. The topological polar surface area (TPSA) is 20.2 Å². The van der Waals surface area contributed by atoms with Crippen LogP contribution in [-0.4, -0.2) is 5.11 Å². The van der Waals surface area contributed by atoms with Gasteiger partial charge in [0, 0.05) is 11.4 Å². The Labute approximate surface area is 129 Å². The Bertz CT molecular complexity index is 670. The van der Waals surface area contributed by atoms with Crippen LogP contribution in [-0.2, 0) is 12.0 Å². The molecule has 3 rings (SSSR count). The maximum atomic E-state index is 14.0. The van der Waals surface area contributed by atoms with Gasteiger partial charge >= 0.3 is 0 Å². The monoisotopic (exact) mass is 304 g/mol. The molecule has 2 aromatic carbocycles. The molecular formula is C18H18ClFO. The molecule has 0 aromatic heterocycles. The van der Waals surface area contributed by atoms with E-state index in [-0.39, 0.29) is 12.2 Å². The predicted molar refractivity (Wildman–Crippen MR) is 83.1 cm³/mol. The Morgan fingerprint density at radius 2 is 2.05 bits per heavy atom. The summed E-state index contributed by atoms with van der Waals surface area (Å²) >= 11 is 5.96. The van der Waals surface area contributed by atoms with Gasteiger partial charge in [0.1, 0.15) is 5.82 Å². The molecule has 1 nitrogen and oxygen atoms in total. The van der Waals surface area contributed by atoms with Gasteiger partial charge in [-0.05, 0) is 53.6 Å². The molecule has 2 aromatic rings. The van der Waals surface area contributed by atoms with Crippen LogP contribution in [0.3, 0.4) is 0 Å². The number of rotatable bonds is 2. The van der Waals surface area contributed by atoms with Gasteiger partial charge in [-0.15, -0.1) is 0 Å². The van der Waals surface area contributed by atoms with Gasteiger partial charge in [-0.3, -0.25) is 0 Å². The maximum absolute atomic E-state index is 14.0. The molecule has 1 aliphatic rings. The SMILES string of the molecule is CC1CCC(O)(Cc2cc(Cl)ccc2F)c2ccccc21. The molecule has 0 fully saturated rings. The summed E-state index contributed by atoms with van der Waals surface area (Å²) in [5.41, 5.74) is 1.53. The van der Waals surface area contributed by atoms with Gasteiger partial charge in [0.2, 0.25) is 0 Å². The summed E-state index contributed by atoms with van der Waals surface area (Å²) < 4.78 is 14.0. The zero-order valence-corrected chi connectivity index (χ0v) is 12.7. The number of hydrogen-bond donors (Lipinski definition) is 1. The van der Waals surface area contributed by atoms with E-state index in [9.17, 15) is 9.50 Å². The van der Waals surface area contributed by atoms with Gasteiger partial charge in [-0.2, -0.15) is 0 Å². The Balaban J connectivity index is 2.02. The first-order valence-electron chi connectivity index (χ1n) is 7.25. The van der Waals surface area contributed by atoms with E-state index < -0.39 is 5.60 Å². The van der Waals surface area contributed by atoms with E-state index in [1.54, 1.807) is 6.07 Å². The first kappa shape index (κ1) is 14.6. The number of aliphatic hydroxyl groups is 1. The second-order valence-corrected chi connectivity index (χ2v) is 6.41. The zero-order valence-electron chi connectivity index (χ0n) is 11.9. The third-order valence-corrected chi connectivity index (χ3v) is 4.71. The van der Waals surface area contributed by atoms with Crippen molar-refractivity contribution < 1.29 is 9.50 Å². The fraction of sp³-hybridized carbons (Fsp3) is 0.333. The highest BCUT2D eigenvalue weighted by molar-refractivity contribution is 6.30. The van der Waals surface area contributed by atoms with Crippen LogP contribution in [0.5, 0.6) is 0 Å². The van der Waals surface area contributed by atoms with E-state index in [1.165, 1.54) is 12.1 Å². The average Bonchev–Trinajstić information content (AvgIpc) is 2.48. The second kappa shape index (κ2) is 5.43. The van der Waals surface area contributed by atoms with Crippen molar-refractivity contribution >= 4 is 11.6 Å². The maximum Gasteiger partial charge on any atom is 0.126 e. The molecule has 2 unspecified atom stereocenters. The lowest BCUT2D eigenvalue weighted by molar-refractivity contribution is 0.0151. The number of benzene rings is 2. The summed E-state index contributed by atoms with van der Waals surface area (Å²) in [6, 6.07) is 12.4. The third-order valence-electron chi connectivity index (χ3n) is 4.47. The number of fused-ring (bicyclic) bond motifs is 1. The molecule has 0 spiro atoms. The quantitative estimate of drug-likeness (QED) is 0.844. The molecule has 0 saturated heterocycles. The van der Waals surface area contributed by atoms with Gasteiger partial charge in [-0.25, -0.2) is 4.39 Å². The summed E-state index contributed by atoms with van der Waals surface area (Å²) in [6.45, 7) is 2.17. The van der Waals surface area contributed by atoms with Crippen LogP contribution in [0.4, 0.5) is 4.39 Å². The van der Waals surface area contributed by atoms with Crippen molar-refractivity contribution in [3.63, 3.8) is 0 Å². The largest absolute Gasteiger partial charge is 0.385 e. The van der Waals surface area contributed by atoms with Gasteiger partial charge in [0.05, 0.1) is 5.60 Å². The average molecular weight is 305 g/mol. The summed E-state index contributed by atoms with van der Waals surface area (Å²) in [4.78, 5) is 0. The fourth-order valence-electron chi connectivity index (χ4n) is 3.27. The van der Waals surface area contributed by atoms with Gasteiger partial charge in [0.15, 0.2) is 0 Å². The number of halogens is 2. The molecular weight excluding hydrogens is 287 g/mol. The first-order valence-corrected chi connectivity index (χ1v) is 7.63. The summed E-state index contributed by atoms with van der Waals surface area (Å²) in [7, 11) is 0. The lowest BCUT2D eigenvalue weighted by Gasteiger charge is -2.37. The highest BCUT2D eigenvalue weighted by Crippen LogP contribution is 2.43. The van der Waals surface area contributed by atoms with Gasteiger partial charge < -0.3 is 5.11 Å². The first-order chi connectivity index (χ1) is 9.99. The zero-order chi connectivity index (χ0) is 15.0. The molecule has 0 saturated carbocycles.